The first kappa shape index (κ1) is 14.7. The molecule has 1 aromatic heterocycles. The van der Waals surface area contributed by atoms with Crippen molar-refractivity contribution in [2.45, 2.75) is 32.4 Å². The number of carbonyl (C=O) groups excluding carboxylic acids is 1. The molecule has 0 spiro atoms. The van der Waals surface area contributed by atoms with Gasteiger partial charge in [-0.2, -0.15) is 0 Å². The Morgan fingerprint density at radius 3 is 2.86 bits per heavy atom. The van der Waals surface area contributed by atoms with Gasteiger partial charge in [-0.15, -0.1) is 0 Å². The fraction of sp³-hybridized carbons (Fsp3) is 0.375. The van der Waals surface area contributed by atoms with E-state index in [1.807, 2.05) is 0 Å². The normalized spacial score (nSPS) is 21.4. The second-order valence-electron chi connectivity index (χ2n) is 5.57. The summed E-state index contributed by atoms with van der Waals surface area (Å²) in [6, 6.07) is 5.72. The van der Waals surface area contributed by atoms with Gasteiger partial charge in [-0.3, -0.25) is 4.79 Å². The van der Waals surface area contributed by atoms with E-state index in [4.69, 9.17) is 4.42 Å². The molecule has 0 saturated carbocycles. The van der Waals surface area contributed by atoms with Crippen LogP contribution in [-0.2, 0) is 0 Å². The van der Waals surface area contributed by atoms with Gasteiger partial charge in [-0.05, 0) is 31.0 Å². The third kappa shape index (κ3) is 2.62. The zero-order chi connectivity index (χ0) is 15.9. The van der Waals surface area contributed by atoms with Crippen LogP contribution in [0.15, 0.2) is 28.7 Å². The molecule has 1 aliphatic rings. The molecule has 0 aliphatic carbocycles. The second kappa shape index (κ2) is 5.53. The summed E-state index contributed by atoms with van der Waals surface area (Å²) in [4.78, 5) is 18.3. The average molecular weight is 304 g/mol. The highest BCUT2D eigenvalue weighted by Crippen LogP contribution is 2.34. The molecule has 1 aromatic carbocycles. The Bertz CT molecular complexity index is 713. The number of aliphatic hydroxyl groups is 1. The van der Waals surface area contributed by atoms with E-state index in [9.17, 15) is 14.3 Å². The molecule has 22 heavy (non-hydrogen) atoms. The number of aliphatic hydroxyl groups excluding tert-OH is 1. The number of hydrogen-bond donors (Lipinski definition) is 1. The predicted octanol–water partition coefficient (Wildman–Crippen LogP) is 2.38. The van der Waals surface area contributed by atoms with Gasteiger partial charge in [0.25, 0.3) is 5.91 Å². The number of rotatable bonds is 2. The molecule has 1 aliphatic heterocycles. The van der Waals surface area contributed by atoms with Gasteiger partial charge in [0.1, 0.15) is 5.82 Å². The van der Waals surface area contributed by atoms with E-state index in [1.54, 1.807) is 26.0 Å². The molecule has 2 atom stereocenters. The highest BCUT2D eigenvalue weighted by atomic mass is 19.1. The van der Waals surface area contributed by atoms with Crippen LogP contribution in [0.1, 0.15) is 40.2 Å². The first-order valence-electron chi connectivity index (χ1n) is 7.14. The second-order valence-corrected chi connectivity index (χ2v) is 5.57. The summed E-state index contributed by atoms with van der Waals surface area (Å²) in [7, 11) is 0. The van der Waals surface area contributed by atoms with Crippen LogP contribution in [0.25, 0.3) is 0 Å². The van der Waals surface area contributed by atoms with E-state index in [-0.39, 0.29) is 30.1 Å². The summed E-state index contributed by atoms with van der Waals surface area (Å²) < 4.78 is 18.8. The number of carbonyl (C=O) groups is 1. The van der Waals surface area contributed by atoms with Gasteiger partial charge in [0.2, 0.25) is 5.76 Å². The topological polar surface area (TPSA) is 66.6 Å². The third-order valence-corrected chi connectivity index (χ3v) is 3.87. The number of benzene rings is 1. The van der Waals surface area contributed by atoms with Crippen LogP contribution in [-0.4, -0.2) is 33.5 Å². The zero-order valence-electron chi connectivity index (χ0n) is 12.4. The van der Waals surface area contributed by atoms with Crippen LogP contribution in [0.4, 0.5) is 4.39 Å². The fourth-order valence-electron chi connectivity index (χ4n) is 2.93. The van der Waals surface area contributed by atoms with Gasteiger partial charge < -0.3 is 14.4 Å². The summed E-state index contributed by atoms with van der Waals surface area (Å²) >= 11 is 0. The van der Waals surface area contributed by atoms with Crippen LogP contribution in [0, 0.1) is 19.7 Å². The lowest BCUT2D eigenvalue weighted by atomic mass is 10.0. The summed E-state index contributed by atoms with van der Waals surface area (Å²) in [5, 5.41) is 9.94. The van der Waals surface area contributed by atoms with Crippen molar-refractivity contribution < 1.29 is 18.7 Å². The molecule has 3 rings (SSSR count). The van der Waals surface area contributed by atoms with Crippen molar-refractivity contribution in [2.24, 2.45) is 0 Å². The number of likely N-dealkylation sites (tertiary alicyclic amines) is 1. The Morgan fingerprint density at radius 2 is 2.23 bits per heavy atom. The van der Waals surface area contributed by atoms with Crippen LogP contribution < -0.4 is 0 Å². The first-order valence-corrected chi connectivity index (χ1v) is 7.14. The summed E-state index contributed by atoms with van der Waals surface area (Å²) in [6.07, 6.45) is -0.261. The van der Waals surface area contributed by atoms with E-state index in [0.29, 0.717) is 23.6 Å². The van der Waals surface area contributed by atoms with Gasteiger partial charge >= 0.3 is 0 Å². The lowest BCUT2D eigenvalue weighted by Gasteiger charge is -2.24. The average Bonchev–Trinajstić information content (AvgIpc) is 3.01. The van der Waals surface area contributed by atoms with Crippen LogP contribution in [0.5, 0.6) is 0 Å². The van der Waals surface area contributed by atoms with E-state index in [0.717, 1.165) is 0 Å². The van der Waals surface area contributed by atoms with Crippen molar-refractivity contribution >= 4 is 5.91 Å². The van der Waals surface area contributed by atoms with Gasteiger partial charge in [0, 0.05) is 13.5 Å². The lowest BCUT2D eigenvalue weighted by molar-refractivity contribution is 0.0681. The van der Waals surface area contributed by atoms with E-state index in [1.165, 1.54) is 17.0 Å². The van der Waals surface area contributed by atoms with Gasteiger partial charge in [0.05, 0.1) is 17.8 Å². The summed E-state index contributed by atoms with van der Waals surface area (Å²) in [5.41, 5.74) is 1.18. The van der Waals surface area contributed by atoms with Gasteiger partial charge in [0.15, 0.2) is 5.89 Å². The molecule has 2 heterocycles. The number of aromatic nitrogens is 1. The minimum atomic E-state index is -0.637. The Labute approximate surface area is 127 Å². The number of nitrogens with zero attached hydrogens (tertiary/aromatic N) is 2. The van der Waals surface area contributed by atoms with Crippen LogP contribution >= 0.6 is 0 Å². The summed E-state index contributed by atoms with van der Waals surface area (Å²) in [5.74, 6) is -0.0993. The number of amides is 1. The summed E-state index contributed by atoms with van der Waals surface area (Å²) in [6.45, 7) is 3.57. The van der Waals surface area contributed by atoms with E-state index < -0.39 is 6.10 Å². The molecule has 6 heteroatoms. The molecule has 1 saturated heterocycles. The maximum Gasteiger partial charge on any atom is 0.292 e. The smallest absolute Gasteiger partial charge is 0.292 e. The fourth-order valence-corrected chi connectivity index (χ4v) is 2.93. The van der Waals surface area contributed by atoms with Crippen LogP contribution in [0.3, 0.4) is 0 Å². The predicted molar refractivity (Wildman–Crippen MR) is 76.8 cm³/mol. The molecular weight excluding hydrogens is 287 g/mol. The minimum Gasteiger partial charge on any atom is -0.436 e. The largest absolute Gasteiger partial charge is 0.436 e. The Morgan fingerprint density at radius 1 is 1.45 bits per heavy atom. The zero-order valence-corrected chi connectivity index (χ0v) is 12.4. The molecule has 0 unspecified atom stereocenters. The Balaban J connectivity index is 1.94. The van der Waals surface area contributed by atoms with E-state index in [2.05, 4.69) is 4.98 Å². The molecule has 116 valence electrons. The highest BCUT2D eigenvalue weighted by molar-refractivity contribution is 5.93. The van der Waals surface area contributed by atoms with Crippen molar-refractivity contribution in [3.8, 4) is 0 Å². The van der Waals surface area contributed by atoms with E-state index >= 15 is 0 Å². The molecule has 5 nitrogen and oxygen atoms in total. The standard InChI is InChI=1S/C16H17FN2O3/c1-9-15(22-10(2)18-9)16(21)19-8-13(20)7-14(19)11-4-3-5-12(17)6-11/h3-6,13-14,20H,7-8H2,1-2H3/t13-,14+/m0/s1. The molecule has 0 bridgehead atoms. The Kier molecular flexibility index (Phi) is 3.70. The van der Waals surface area contributed by atoms with Gasteiger partial charge in [-0.25, -0.2) is 9.37 Å². The quantitative estimate of drug-likeness (QED) is 0.925. The minimum absolute atomic E-state index is 0.174. The number of halogens is 1. The molecule has 2 aromatic rings. The maximum atomic E-state index is 13.4. The molecular formula is C16H17FN2O3. The molecule has 1 N–H and O–H groups in total. The van der Waals surface area contributed by atoms with Crippen molar-refractivity contribution in [3.05, 3.63) is 53.0 Å². The maximum absolute atomic E-state index is 13.4. The number of aryl methyl sites for hydroxylation is 2. The number of β-amino-alcohol motifs (C(OH)–C–C–N with tert-alkyl or cyclic N) is 1. The number of oxazole rings is 1. The Hall–Kier alpha value is -2.21. The van der Waals surface area contributed by atoms with Crippen molar-refractivity contribution in [2.75, 3.05) is 6.54 Å². The molecule has 1 amide bonds. The van der Waals surface area contributed by atoms with Gasteiger partial charge in [-0.1, -0.05) is 12.1 Å². The molecule has 0 radical (unpaired) electrons. The first-order chi connectivity index (χ1) is 10.5. The van der Waals surface area contributed by atoms with Crippen molar-refractivity contribution in [3.63, 3.8) is 0 Å². The van der Waals surface area contributed by atoms with Crippen molar-refractivity contribution in [1.29, 1.82) is 0 Å². The molecule has 1 fully saturated rings. The SMILES string of the molecule is Cc1nc(C)c(C(=O)N2C[C@@H](O)C[C@@H]2c2cccc(F)c2)o1. The lowest BCUT2D eigenvalue weighted by Crippen LogP contribution is -2.32. The highest BCUT2D eigenvalue weighted by Gasteiger charge is 2.37. The monoisotopic (exact) mass is 304 g/mol. The van der Waals surface area contributed by atoms with Crippen molar-refractivity contribution in [1.82, 2.24) is 9.88 Å². The number of hydrogen-bond acceptors (Lipinski definition) is 4. The van der Waals surface area contributed by atoms with Crippen LogP contribution in [0.2, 0.25) is 0 Å². The third-order valence-electron chi connectivity index (χ3n) is 3.87.